The molecule has 1 unspecified atom stereocenters. The molecule has 2 rings (SSSR count). The maximum atomic E-state index is 4.39. The summed E-state index contributed by atoms with van der Waals surface area (Å²) in [7, 11) is 4.09. The minimum absolute atomic E-state index is 0.292. The van der Waals surface area contributed by atoms with Crippen LogP contribution in [-0.4, -0.2) is 42.4 Å². The van der Waals surface area contributed by atoms with Gasteiger partial charge < -0.3 is 5.32 Å². The summed E-state index contributed by atoms with van der Waals surface area (Å²) in [4.78, 5) is 7.12. The van der Waals surface area contributed by atoms with Gasteiger partial charge in [-0.15, -0.1) is 0 Å². The Morgan fingerprint density at radius 2 is 2.27 bits per heavy atom. The molecule has 3 nitrogen and oxygen atoms in total. The maximum Gasteiger partial charge on any atom is 0.114 e. The Hall–Kier alpha value is -0.0900. The van der Waals surface area contributed by atoms with E-state index in [9.17, 15) is 0 Å². The van der Waals surface area contributed by atoms with Crippen LogP contribution < -0.4 is 5.32 Å². The largest absolute Gasteiger partial charge is 0.360 e. The van der Waals surface area contributed by atoms with E-state index in [2.05, 4.69) is 45.1 Å². The molecule has 0 amide bonds. The van der Waals surface area contributed by atoms with Crippen LogP contribution in [0.25, 0.3) is 0 Å². The zero-order valence-electron chi connectivity index (χ0n) is 9.76. The molecule has 1 N–H and O–H groups in total. The molecular weight excluding hydrogens is 254 g/mol. The fourth-order valence-corrected chi connectivity index (χ4v) is 2.86. The third-order valence-electron chi connectivity index (χ3n) is 3.60. The fourth-order valence-electron chi connectivity index (χ4n) is 2.63. The quantitative estimate of drug-likeness (QED) is 0.360. The predicted molar refractivity (Wildman–Crippen MR) is 67.6 cm³/mol. The Kier molecular flexibility index (Phi) is 3.08. The van der Waals surface area contributed by atoms with Crippen LogP contribution in [-0.2, 0) is 0 Å². The van der Waals surface area contributed by atoms with E-state index in [-0.39, 0.29) is 0 Å². The van der Waals surface area contributed by atoms with Gasteiger partial charge in [0.25, 0.3) is 0 Å². The Morgan fingerprint density at radius 1 is 1.60 bits per heavy atom. The number of hydrogen-bond acceptors (Lipinski definition) is 2. The minimum Gasteiger partial charge on any atom is -0.360 e. The highest BCUT2D eigenvalue weighted by atomic mass is 79.9. The molecule has 1 spiro atoms. The molecule has 4 heteroatoms. The van der Waals surface area contributed by atoms with Gasteiger partial charge in [0.15, 0.2) is 0 Å². The van der Waals surface area contributed by atoms with Gasteiger partial charge >= 0.3 is 0 Å². The van der Waals surface area contributed by atoms with Gasteiger partial charge in [0.2, 0.25) is 0 Å². The van der Waals surface area contributed by atoms with Crippen molar-refractivity contribution in [2.75, 3.05) is 20.6 Å². The highest BCUT2D eigenvalue weighted by Gasteiger charge is 2.51. The van der Waals surface area contributed by atoms with Gasteiger partial charge in [0, 0.05) is 13.6 Å². The molecule has 0 radical (unpaired) electrons. The van der Waals surface area contributed by atoms with Crippen molar-refractivity contribution in [1.82, 2.24) is 10.2 Å². The van der Waals surface area contributed by atoms with E-state index in [0.29, 0.717) is 16.4 Å². The van der Waals surface area contributed by atoms with Crippen molar-refractivity contribution >= 4 is 21.8 Å². The number of hydrogen-bond donors (Lipinski definition) is 1. The highest BCUT2D eigenvalue weighted by Crippen LogP contribution is 2.54. The van der Waals surface area contributed by atoms with E-state index in [0.717, 1.165) is 5.84 Å². The van der Waals surface area contributed by atoms with Crippen LogP contribution in [0.5, 0.6) is 0 Å². The number of alkyl halides is 1. The Bertz CT molecular complexity index is 271. The molecular formula is C11H20BrN3. The molecule has 15 heavy (non-hydrogen) atoms. The predicted octanol–water partition coefficient (Wildman–Crippen LogP) is 1.83. The minimum atomic E-state index is 0.292. The summed E-state index contributed by atoms with van der Waals surface area (Å²) in [5.74, 6) is 1.13. The summed E-state index contributed by atoms with van der Waals surface area (Å²) >= 11 is 3.52. The van der Waals surface area contributed by atoms with Crippen LogP contribution >= 0.6 is 15.9 Å². The van der Waals surface area contributed by atoms with Crippen LogP contribution in [0.2, 0.25) is 0 Å². The Labute approximate surface area is 100 Å². The second-order valence-electron chi connectivity index (χ2n) is 5.00. The van der Waals surface area contributed by atoms with Crippen molar-refractivity contribution in [3.63, 3.8) is 0 Å². The Balaban J connectivity index is 2.02. The van der Waals surface area contributed by atoms with Crippen LogP contribution in [0.1, 0.15) is 26.2 Å². The molecule has 1 saturated carbocycles. The number of likely N-dealkylation sites (N-methyl/N-ethyl adjacent to an activating group) is 1. The first-order chi connectivity index (χ1) is 7.06. The smallest absolute Gasteiger partial charge is 0.114 e. The number of halogens is 1. The van der Waals surface area contributed by atoms with Crippen molar-refractivity contribution in [2.45, 2.75) is 37.2 Å². The average Bonchev–Trinajstić information content (AvgIpc) is 2.81. The van der Waals surface area contributed by atoms with E-state index >= 15 is 0 Å². The number of nitrogens with one attached hydrogen (secondary N) is 1. The van der Waals surface area contributed by atoms with Gasteiger partial charge in [-0.05, 0) is 38.6 Å². The number of aliphatic imine (C=N–C) groups is 1. The molecule has 0 aromatic carbocycles. The summed E-state index contributed by atoms with van der Waals surface area (Å²) in [6, 6.07) is 0.498. The molecule has 0 bridgehead atoms. The van der Waals surface area contributed by atoms with Crippen molar-refractivity contribution in [3.8, 4) is 0 Å². The van der Waals surface area contributed by atoms with Gasteiger partial charge in [-0.1, -0.05) is 15.9 Å². The van der Waals surface area contributed by atoms with E-state index in [1.807, 2.05) is 7.05 Å². The third-order valence-corrected chi connectivity index (χ3v) is 3.83. The van der Waals surface area contributed by atoms with Crippen molar-refractivity contribution < 1.29 is 0 Å². The van der Waals surface area contributed by atoms with E-state index < -0.39 is 0 Å². The fraction of sp³-hybridized carbons (Fsp3) is 0.909. The molecule has 1 saturated heterocycles. The topological polar surface area (TPSA) is 27.6 Å². The van der Waals surface area contributed by atoms with Crippen LogP contribution in [0.3, 0.4) is 0 Å². The summed E-state index contributed by atoms with van der Waals surface area (Å²) in [5.41, 5.74) is 0.645. The highest BCUT2D eigenvalue weighted by molar-refractivity contribution is 9.09. The molecule has 1 heterocycles. The average molecular weight is 274 g/mol. The third kappa shape index (κ3) is 2.36. The first-order valence-corrected chi connectivity index (χ1v) is 6.55. The lowest BCUT2D eigenvalue weighted by atomic mass is 10.0. The number of likely N-dealkylation sites (tertiary alicyclic amines) is 1. The van der Waals surface area contributed by atoms with Gasteiger partial charge in [-0.2, -0.15) is 0 Å². The normalized spacial score (nSPS) is 32.0. The molecule has 2 atom stereocenters. The van der Waals surface area contributed by atoms with Gasteiger partial charge in [-0.25, -0.2) is 0 Å². The zero-order valence-corrected chi connectivity index (χ0v) is 11.3. The molecule has 0 aromatic heterocycles. The number of rotatable bonds is 2. The monoisotopic (exact) mass is 273 g/mol. The van der Waals surface area contributed by atoms with Crippen LogP contribution in [0.15, 0.2) is 4.99 Å². The standard InChI is InChI=1S/C11H20BrN3/c1-8(12)14-10(13-2)9-6-11(4-5-11)7-15(9)3/h8-9H,4-7H2,1-3H3,(H,13,14)/t8?,9-/m0/s1. The zero-order chi connectivity index (χ0) is 11.1. The van der Waals surface area contributed by atoms with E-state index in [4.69, 9.17) is 0 Å². The summed E-state index contributed by atoms with van der Waals surface area (Å²) < 4.78 is 0. The lowest BCUT2D eigenvalue weighted by Gasteiger charge is -2.23. The van der Waals surface area contributed by atoms with Gasteiger partial charge in [0.05, 0.1) is 11.0 Å². The summed E-state index contributed by atoms with van der Waals surface area (Å²) in [5, 5.41) is 3.39. The molecule has 1 aliphatic carbocycles. The first-order valence-electron chi connectivity index (χ1n) is 5.64. The SMILES string of the molecule is C/N=C(\NC(C)Br)[C@@H]1CC2(CC2)CN1C. The second-order valence-corrected chi connectivity index (χ2v) is 6.38. The number of nitrogens with zero attached hydrogens (tertiary/aromatic N) is 2. The van der Waals surface area contributed by atoms with E-state index in [1.165, 1.54) is 25.8 Å². The van der Waals surface area contributed by atoms with Gasteiger partial charge in [0.1, 0.15) is 5.84 Å². The molecule has 0 aromatic rings. The Morgan fingerprint density at radius 3 is 2.67 bits per heavy atom. The lowest BCUT2D eigenvalue weighted by molar-refractivity contribution is 0.354. The van der Waals surface area contributed by atoms with Crippen molar-refractivity contribution in [1.29, 1.82) is 0 Å². The van der Waals surface area contributed by atoms with Crippen molar-refractivity contribution in [2.24, 2.45) is 10.4 Å². The van der Waals surface area contributed by atoms with Crippen molar-refractivity contribution in [3.05, 3.63) is 0 Å². The van der Waals surface area contributed by atoms with E-state index in [1.54, 1.807) is 0 Å². The molecule has 2 fully saturated rings. The van der Waals surface area contributed by atoms with Crippen LogP contribution in [0.4, 0.5) is 0 Å². The summed E-state index contributed by atoms with van der Waals surface area (Å²) in [6.07, 6.45) is 4.10. The van der Waals surface area contributed by atoms with Gasteiger partial charge in [-0.3, -0.25) is 9.89 Å². The second kappa shape index (κ2) is 4.06. The number of amidine groups is 1. The lowest BCUT2D eigenvalue weighted by Crippen LogP contribution is -2.43. The molecule has 86 valence electrons. The van der Waals surface area contributed by atoms with Crippen LogP contribution in [0, 0.1) is 5.41 Å². The summed E-state index contributed by atoms with van der Waals surface area (Å²) in [6.45, 7) is 3.34. The molecule has 2 aliphatic rings. The maximum absolute atomic E-state index is 4.39. The molecule has 1 aliphatic heterocycles. The first kappa shape index (κ1) is 11.4.